The number of halogens is 1. The zero-order chi connectivity index (χ0) is 14.3. The van der Waals surface area contributed by atoms with Gasteiger partial charge in [-0.25, -0.2) is 4.98 Å². The number of nitrogens with zero attached hydrogens (tertiary/aromatic N) is 5. The van der Waals surface area contributed by atoms with Gasteiger partial charge in [-0.3, -0.25) is 9.89 Å². The first-order chi connectivity index (χ1) is 9.63. The number of amides is 1. The van der Waals surface area contributed by atoms with Crippen molar-refractivity contribution in [3.63, 3.8) is 0 Å². The molecule has 1 aliphatic rings. The topological polar surface area (TPSA) is 78.0 Å². The molecule has 0 aromatic carbocycles. The molecule has 20 heavy (non-hydrogen) atoms. The van der Waals surface area contributed by atoms with Gasteiger partial charge in [-0.05, 0) is 18.0 Å². The average molecular weight is 293 g/mol. The van der Waals surface area contributed by atoms with E-state index in [-0.39, 0.29) is 17.2 Å². The molecule has 1 atom stereocenters. The van der Waals surface area contributed by atoms with E-state index in [0.717, 1.165) is 5.69 Å². The van der Waals surface area contributed by atoms with Gasteiger partial charge in [-0.2, -0.15) is 10.1 Å². The van der Waals surface area contributed by atoms with Crippen LogP contribution in [-0.4, -0.2) is 39.2 Å². The van der Waals surface area contributed by atoms with E-state index >= 15 is 0 Å². The molecule has 2 aromatic heterocycles. The van der Waals surface area contributed by atoms with Gasteiger partial charge in [-0.1, -0.05) is 6.92 Å². The Labute approximate surface area is 120 Å². The Bertz CT molecular complexity index is 643. The fourth-order valence-corrected chi connectivity index (χ4v) is 2.52. The van der Waals surface area contributed by atoms with Crippen LogP contribution in [0, 0.1) is 0 Å². The summed E-state index contributed by atoms with van der Waals surface area (Å²) in [5.74, 6) is 0.604. The fourth-order valence-electron chi connectivity index (χ4n) is 2.40. The highest BCUT2D eigenvalue weighted by Gasteiger charge is 2.38. The van der Waals surface area contributed by atoms with Crippen molar-refractivity contribution >= 4 is 34.7 Å². The zero-order valence-corrected chi connectivity index (χ0v) is 11.8. The SMILES string of the molecule is CCC1C(=O)N(C)c2cnc(Cl)nc2N1c1cn[nH]c1. The third kappa shape index (κ3) is 1.82. The second-order valence-corrected chi connectivity index (χ2v) is 4.83. The molecule has 3 heterocycles. The predicted molar refractivity (Wildman–Crippen MR) is 75.3 cm³/mol. The number of carbonyl (C=O) groups excluding carboxylic acids is 1. The van der Waals surface area contributed by atoms with Gasteiger partial charge >= 0.3 is 0 Å². The molecule has 1 unspecified atom stereocenters. The maximum absolute atomic E-state index is 12.5. The number of likely N-dealkylation sites (N-methyl/N-ethyl adjacent to an activating group) is 1. The summed E-state index contributed by atoms with van der Waals surface area (Å²) in [5, 5.41) is 6.84. The number of anilines is 3. The summed E-state index contributed by atoms with van der Waals surface area (Å²) in [6.45, 7) is 1.96. The lowest BCUT2D eigenvalue weighted by Gasteiger charge is -2.39. The molecule has 1 amide bonds. The first-order valence-corrected chi connectivity index (χ1v) is 6.59. The largest absolute Gasteiger partial charge is 0.309 e. The van der Waals surface area contributed by atoms with Crippen LogP contribution in [0.1, 0.15) is 13.3 Å². The predicted octanol–water partition coefficient (Wildman–Crippen LogP) is 1.75. The standard InChI is InChI=1S/C12H13ClN6O/c1-3-8-11(20)18(2)9-6-14-12(13)17-10(9)19(8)7-4-15-16-5-7/h4-6,8H,3H2,1-2H3,(H,15,16). The molecule has 0 saturated heterocycles. The van der Waals surface area contributed by atoms with Gasteiger partial charge in [0, 0.05) is 13.2 Å². The zero-order valence-electron chi connectivity index (χ0n) is 11.0. The maximum atomic E-state index is 12.5. The quantitative estimate of drug-likeness (QED) is 0.853. The number of fused-ring (bicyclic) bond motifs is 1. The van der Waals surface area contributed by atoms with Crippen molar-refractivity contribution in [1.82, 2.24) is 20.2 Å². The number of aromatic nitrogens is 4. The van der Waals surface area contributed by atoms with E-state index in [0.29, 0.717) is 17.9 Å². The number of H-pyrrole nitrogens is 1. The van der Waals surface area contributed by atoms with Crippen LogP contribution in [0.5, 0.6) is 0 Å². The fraction of sp³-hybridized carbons (Fsp3) is 0.333. The van der Waals surface area contributed by atoms with Crippen molar-refractivity contribution in [2.24, 2.45) is 0 Å². The van der Waals surface area contributed by atoms with Crippen molar-refractivity contribution in [2.45, 2.75) is 19.4 Å². The van der Waals surface area contributed by atoms with Gasteiger partial charge in [0.2, 0.25) is 11.2 Å². The molecule has 0 saturated carbocycles. The second-order valence-electron chi connectivity index (χ2n) is 4.50. The summed E-state index contributed by atoms with van der Waals surface area (Å²) < 4.78 is 0. The Hall–Kier alpha value is -2.15. The Kier molecular flexibility index (Phi) is 3.06. The highest BCUT2D eigenvalue weighted by Crippen LogP contribution is 2.39. The molecule has 0 radical (unpaired) electrons. The number of aromatic amines is 1. The average Bonchev–Trinajstić information content (AvgIpc) is 2.96. The van der Waals surface area contributed by atoms with Gasteiger partial charge in [0.15, 0.2) is 5.82 Å². The normalized spacial score (nSPS) is 18.4. The van der Waals surface area contributed by atoms with Crippen molar-refractivity contribution in [3.05, 3.63) is 23.9 Å². The lowest BCUT2D eigenvalue weighted by molar-refractivity contribution is -0.119. The minimum atomic E-state index is -0.337. The second kappa shape index (κ2) is 4.75. The number of rotatable bonds is 2. The third-order valence-electron chi connectivity index (χ3n) is 3.39. The Morgan fingerprint density at radius 1 is 1.45 bits per heavy atom. The van der Waals surface area contributed by atoms with E-state index in [2.05, 4.69) is 20.2 Å². The molecule has 0 spiro atoms. The third-order valence-corrected chi connectivity index (χ3v) is 3.57. The van der Waals surface area contributed by atoms with E-state index < -0.39 is 0 Å². The van der Waals surface area contributed by atoms with Crippen molar-refractivity contribution in [2.75, 3.05) is 16.8 Å². The molecule has 1 aliphatic heterocycles. The molecule has 1 N–H and O–H groups in total. The summed E-state index contributed by atoms with van der Waals surface area (Å²) in [7, 11) is 1.72. The van der Waals surface area contributed by atoms with E-state index in [1.54, 1.807) is 30.5 Å². The molecule has 2 aromatic rings. The summed E-state index contributed by atoms with van der Waals surface area (Å²) in [6, 6.07) is -0.337. The van der Waals surface area contributed by atoms with Crippen LogP contribution in [0.4, 0.5) is 17.2 Å². The van der Waals surface area contributed by atoms with E-state index in [9.17, 15) is 4.79 Å². The molecular weight excluding hydrogens is 280 g/mol. The lowest BCUT2D eigenvalue weighted by Crippen LogP contribution is -2.50. The highest BCUT2D eigenvalue weighted by atomic mass is 35.5. The summed E-state index contributed by atoms with van der Waals surface area (Å²) in [5.41, 5.74) is 1.40. The Morgan fingerprint density at radius 2 is 2.25 bits per heavy atom. The maximum Gasteiger partial charge on any atom is 0.250 e. The van der Waals surface area contributed by atoms with Crippen molar-refractivity contribution < 1.29 is 4.79 Å². The van der Waals surface area contributed by atoms with Gasteiger partial charge in [0.1, 0.15) is 11.7 Å². The number of hydrogen-bond donors (Lipinski definition) is 1. The van der Waals surface area contributed by atoms with Crippen LogP contribution >= 0.6 is 11.6 Å². The van der Waals surface area contributed by atoms with Gasteiger partial charge in [-0.15, -0.1) is 0 Å². The van der Waals surface area contributed by atoms with Crippen molar-refractivity contribution in [1.29, 1.82) is 0 Å². The molecule has 3 rings (SSSR count). The minimum absolute atomic E-state index is 0.00729. The van der Waals surface area contributed by atoms with Crippen LogP contribution < -0.4 is 9.80 Å². The van der Waals surface area contributed by atoms with Crippen LogP contribution in [0.25, 0.3) is 0 Å². The van der Waals surface area contributed by atoms with Crippen LogP contribution in [0.15, 0.2) is 18.6 Å². The number of hydrogen-bond acceptors (Lipinski definition) is 5. The van der Waals surface area contributed by atoms with E-state index in [1.807, 2.05) is 11.8 Å². The highest BCUT2D eigenvalue weighted by molar-refractivity contribution is 6.28. The summed E-state index contributed by atoms with van der Waals surface area (Å²) >= 11 is 5.90. The number of nitrogens with one attached hydrogen (secondary N) is 1. The molecular formula is C12H13ClN6O. The molecule has 104 valence electrons. The van der Waals surface area contributed by atoms with Crippen LogP contribution in [0.3, 0.4) is 0 Å². The summed E-state index contributed by atoms with van der Waals surface area (Å²) in [6.07, 6.45) is 5.58. The van der Waals surface area contributed by atoms with Gasteiger partial charge < -0.3 is 9.80 Å². The smallest absolute Gasteiger partial charge is 0.250 e. The molecule has 0 fully saturated rings. The van der Waals surface area contributed by atoms with Crippen LogP contribution in [-0.2, 0) is 4.79 Å². The monoisotopic (exact) mass is 292 g/mol. The first-order valence-electron chi connectivity index (χ1n) is 6.21. The molecule has 8 heteroatoms. The van der Waals surface area contributed by atoms with Gasteiger partial charge in [0.25, 0.3) is 0 Å². The molecule has 7 nitrogen and oxygen atoms in total. The summed E-state index contributed by atoms with van der Waals surface area (Å²) in [4.78, 5) is 24.1. The molecule has 0 aliphatic carbocycles. The van der Waals surface area contributed by atoms with Crippen LogP contribution in [0.2, 0.25) is 5.28 Å². The van der Waals surface area contributed by atoms with Gasteiger partial charge in [0.05, 0.1) is 18.1 Å². The van der Waals surface area contributed by atoms with E-state index in [4.69, 9.17) is 11.6 Å². The van der Waals surface area contributed by atoms with Crippen molar-refractivity contribution in [3.8, 4) is 0 Å². The first kappa shape index (κ1) is 12.9. The Morgan fingerprint density at radius 3 is 2.90 bits per heavy atom. The minimum Gasteiger partial charge on any atom is -0.309 e. The number of carbonyl (C=O) groups is 1. The molecule has 0 bridgehead atoms. The van der Waals surface area contributed by atoms with E-state index in [1.165, 1.54) is 0 Å². The lowest BCUT2D eigenvalue weighted by atomic mass is 10.1. The Balaban J connectivity index is 2.22.